The Hall–Kier alpha value is -2.73. The predicted molar refractivity (Wildman–Crippen MR) is 97.7 cm³/mol. The summed E-state index contributed by atoms with van der Waals surface area (Å²) in [5, 5.41) is 0.492. The molecule has 1 saturated carbocycles. The van der Waals surface area contributed by atoms with E-state index in [1.807, 2.05) is 24.5 Å². The molecule has 0 amide bonds. The number of hydrogen-bond acceptors (Lipinski definition) is 6. The van der Waals surface area contributed by atoms with Crippen LogP contribution in [0.25, 0.3) is 11.6 Å². The lowest BCUT2D eigenvalue weighted by Crippen LogP contribution is -1.96. The largest absolute Gasteiger partial charge is 0.495 e. The molecule has 1 aliphatic rings. The van der Waals surface area contributed by atoms with Gasteiger partial charge in [0.15, 0.2) is 11.6 Å². The Morgan fingerprint density at radius 3 is 1.96 bits per heavy atom. The van der Waals surface area contributed by atoms with E-state index >= 15 is 0 Å². The van der Waals surface area contributed by atoms with Crippen LogP contribution < -0.4 is 9.47 Å². The van der Waals surface area contributed by atoms with E-state index in [0.29, 0.717) is 40.0 Å². The summed E-state index contributed by atoms with van der Waals surface area (Å²) in [5.74, 6) is 3.05. The van der Waals surface area contributed by atoms with Crippen molar-refractivity contribution >= 4 is 11.6 Å². The molecule has 4 rings (SSSR count). The maximum Gasteiger partial charge on any atom is 0.197 e. The molecular weight excluding hydrogens is 352 g/mol. The minimum absolute atomic E-state index is 0.372. The van der Waals surface area contributed by atoms with E-state index in [-0.39, 0.29) is 0 Å². The highest BCUT2D eigenvalue weighted by atomic mass is 35.5. The van der Waals surface area contributed by atoms with Crippen molar-refractivity contribution in [1.29, 1.82) is 0 Å². The molecule has 26 heavy (non-hydrogen) atoms. The minimum Gasteiger partial charge on any atom is -0.495 e. The third-order valence-electron chi connectivity index (χ3n) is 4.55. The fourth-order valence-electron chi connectivity index (χ4n) is 3.10. The number of methoxy groups -OCH3 is 2. The van der Waals surface area contributed by atoms with E-state index in [4.69, 9.17) is 21.1 Å². The first-order valence-corrected chi connectivity index (χ1v) is 8.59. The van der Waals surface area contributed by atoms with Crippen LogP contribution in [0.4, 0.5) is 0 Å². The quantitative estimate of drug-likeness (QED) is 0.680. The molecule has 1 fully saturated rings. The molecular formula is C19H17ClN4O2. The van der Waals surface area contributed by atoms with Gasteiger partial charge in [-0.25, -0.2) is 19.9 Å². The van der Waals surface area contributed by atoms with Crippen LogP contribution in [-0.4, -0.2) is 34.2 Å². The maximum atomic E-state index is 6.25. The average Bonchev–Trinajstić information content (AvgIpc) is 3.50. The standard InChI is InChI=1S/C19H17ClN4O2/c1-25-15-6-11(7-16(26-2)17(15)20)13-8-14(13)12-9-23-19(24-10-12)18-21-4-3-5-22-18/h3-7,9-10,13-14H,8H2,1-2H3/t13-,14-/m0/s1. The molecule has 0 radical (unpaired) electrons. The van der Waals surface area contributed by atoms with Crippen molar-refractivity contribution in [1.82, 2.24) is 19.9 Å². The molecule has 0 N–H and O–H groups in total. The number of ether oxygens (including phenoxy) is 2. The Labute approximate surface area is 156 Å². The van der Waals surface area contributed by atoms with Crippen LogP contribution in [0.5, 0.6) is 11.5 Å². The zero-order valence-corrected chi connectivity index (χ0v) is 15.1. The van der Waals surface area contributed by atoms with Gasteiger partial charge in [-0.05, 0) is 47.6 Å². The van der Waals surface area contributed by atoms with Crippen LogP contribution in [0.1, 0.15) is 29.4 Å². The zero-order chi connectivity index (χ0) is 18.1. The third kappa shape index (κ3) is 3.08. The lowest BCUT2D eigenvalue weighted by atomic mass is 10.1. The molecule has 6 nitrogen and oxygen atoms in total. The second-order valence-electron chi connectivity index (χ2n) is 6.10. The molecule has 7 heteroatoms. The van der Waals surface area contributed by atoms with Crippen molar-refractivity contribution in [3.63, 3.8) is 0 Å². The topological polar surface area (TPSA) is 70.0 Å². The van der Waals surface area contributed by atoms with Crippen LogP contribution in [0.3, 0.4) is 0 Å². The molecule has 0 bridgehead atoms. The Bertz CT molecular complexity index is 894. The van der Waals surface area contributed by atoms with Gasteiger partial charge >= 0.3 is 0 Å². The van der Waals surface area contributed by atoms with Crippen molar-refractivity contribution in [2.75, 3.05) is 14.2 Å². The zero-order valence-electron chi connectivity index (χ0n) is 14.4. The number of halogens is 1. The summed E-state index contributed by atoms with van der Waals surface area (Å²) in [6, 6.07) is 5.71. The predicted octanol–water partition coefficient (Wildman–Crippen LogP) is 3.88. The van der Waals surface area contributed by atoms with Gasteiger partial charge < -0.3 is 9.47 Å². The fraction of sp³-hybridized carbons (Fsp3) is 0.263. The smallest absolute Gasteiger partial charge is 0.197 e. The van der Waals surface area contributed by atoms with E-state index in [0.717, 1.165) is 17.5 Å². The Morgan fingerprint density at radius 1 is 0.846 bits per heavy atom. The lowest BCUT2D eigenvalue weighted by Gasteiger charge is -2.11. The number of aromatic nitrogens is 4. The van der Waals surface area contributed by atoms with E-state index in [2.05, 4.69) is 19.9 Å². The first-order valence-electron chi connectivity index (χ1n) is 8.22. The Balaban J connectivity index is 1.55. The van der Waals surface area contributed by atoms with Gasteiger partial charge in [0.25, 0.3) is 0 Å². The molecule has 1 aliphatic carbocycles. The van der Waals surface area contributed by atoms with Gasteiger partial charge in [-0.2, -0.15) is 0 Å². The summed E-state index contributed by atoms with van der Waals surface area (Å²) < 4.78 is 10.7. The molecule has 2 atom stereocenters. The van der Waals surface area contributed by atoms with Gasteiger partial charge in [0.2, 0.25) is 0 Å². The number of rotatable bonds is 5. The second kappa shape index (κ2) is 6.88. The van der Waals surface area contributed by atoms with Crippen molar-refractivity contribution in [2.24, 2.45) is 0 Å². The fourth-order valence-corrected chi connectivity index (χ4v) is 3.36. The van der Waals surface area contributed by atoms with Crippen LogP contribution in [0, 0.1) is 0 Å². The van der Waals surface area contributed by atoms with Crippen LogP contribution in [-0.2, 0) is 0 Å². The maximum absolute atomic E-state index is 6.25. The van der Waals surface area contributed by atoms with E-state index in [1.165, 1.54) is 0 Å². The highest BCUT2D eigenvalue weighted by molar-refractivity contribution is 6.33. The molecule has 2 heterocycles. The summed E-state index contributed by atoms with van der Waals surface area (Å²) in [7, 11) is 3.21. The highest BCUT2D eigenvalue weighted by Gasteiger charge is 2.40. The number of nitrogens with zero attached hydrogens (tertiary/aromatic N) is 4. The minimum atomic E-state index is 0.372. The highest BCUT2D eigenvalue weighted by Crippen LogP contribution is 2.56. The number of hydrogen-bond donors (Lipinski definition) is 0. The summed E-state index contributed by atoms with van der Waals surface area (Å²) in [4.78, 5) is 17.2. The molecule has 3 aromatic rings. The monoisotopic (exact) mass is 368 g/mol. The molecule has 0 unspecified atom stereocenters. The lowest BCUT2D eigenvalue weighted by molar-refractivity contribution is 0.394. The van der Waals surface area contributed by atoms with Gasteiger partial charge in [-0.1, -0.05) is 11.6 Å². The van der Waals surface area contributed by atoms with E-state index in [1.54, 1.807) is 32.7 Å². The van der Waals surface area contributed by atoms with Crippen molar-refractivity contribution in [3.8, 4) is 23.1 Å². The second-order valence-corrected chi connectivity index (χ2v) is 6.48. The summed E-state index contributed by atoms with van der Waals surface area (Å²) in [6.45, 7) is 0. The first kappa shape index (κ1) is 16.7. The van der Waals surface area contributed by atoms with Crippen LogP contribution in [0.2, 0.25) is 5.02 Å². The molecule has 2 aromatic heterocycles. The normalized spacial score (nSPS) is 18.4. The van der Waals surface area contributed by atoms with Crippen LogP contribution in [0.15, 0.2) is 43.0 Å². The van der Waals surface area contributed by atoms with Gasteiger partial charge in [0.1, 0.15) is 16.5 Å². The van der Waals surface area contributed by atoms with Crippen molar-refractivity contribution < 1.29 is 9.47 Å². The van der Waals surface area contributed by atoms with Crippen molar-refractivity contribution in [3.05, 3.63) is 59.1 Å². The van der Waals surface area contributed by atoms with Crippen molar-refractivity contribution in [2.45, 2.75) is 18.3 Å². The molecule has 1 aromatic carbocycles. The Kier molecular flexibility index (Phi) is 4.42. The van der Waals surface area contributed by atoms with Crippen LogP contribution >= 0.6 is 11.6 Å². The van der Waals surface area contributed by atoms with Gasteiger partial charge in [-0.15, -0.1) is 0 Å². The average molecular weight is 369 g/mol. The molecule has 0 aliphatic heterocycles. The Morgan fingerprint density at radius 2 is 1.38 bits per heavy atom. The SMILES string of the molecule is COc1cc([C@@H]2C[C@H]2c2cnc(-c3ncccn3)nc2)cc(OC)c1Cl. The molecule has 0 saturated heterocycles. The van der Waals surface area contributed by atoms with Gasteiger partial charge in [0.05, 0.1) is 14.2 Å². The van der Waals surface area contributed by atoms with E-state index < -0.39 is 0 Å². The third-order valence-corrected chi connectivity index (χ3v) is 4.92. The number of benzene rings is 1. The molecule has 0 spiro atoms. The summed E-state index contributed by atoms with van der Waals surface area (Å²) >= 11 is 6.25. The van der Waals surface area contributed by atoms with Gasteiger partial charge in [-0.3, -0.25) is 0 Å². The van der Waals surface area contributed by atoms with Gasteiger partial charge in [0, 0.05) is 24.8 Å². The first-order chi connectivity index (χ1) is 12.7. The summed E-state index contributed by atoms with van der Waals surface area (Å²) in [6.07, 6.45) is 8.09. The summed E-state index contributed by atoms with van der Waals surface area (Å²) in [5.41, 5.74) is 2.24. The van der Waals surface area contributed by atoms with E-state index in [9.17, 15) is 0 Å². The molecule has 132 valence electrons.